The van der Waals surface area contributed by atoms with Gasteiger partial charge in [-0.1, -0.05) is 19.8 Å². The first-order valence-electron chi connectivity index (χ1n) is 9.42. The van der Waals surface area contributed by atoms with E-state index in [1.807, 2.05) is 6.92 Å². The molecule has 0 spiro atoms. The lowest BCUT2D eigenvalue weighted by Crippen LogP contribution is -2.48. The Morgan fingerprint density at radius 2 is 1.83 bits per heavy atom. The minimum atomic E-state index is -0.0725. The first-order chi connectivity index (χ1) is 11.1. The zero-order valence-electron chi connectivity index (χ0n) is 14.8. The third kappa shape index (κ3) is 5.48. The topological polar surface area (TPSA) is 61.4 Å². The summed E-state index contributed by atoms with van der Waals surface area (Å²) < 4.78 is 0. The highest BCUT2D eigenvalue weighted by molar-refractivity contribution is 5.81. The van der Waals surface area contributed by atoms with Gasteiger partial charge < -0.3 is 15.5 Å². The fourth-order valence-corrected chi connectivity index (χ4v) is 3.85. The molecule has 2 N–H and O–H groups in total. The number of amides is 2. The molecular weight excluding hydrogens is 290 g/mol. The van der Waals surface area contributed by atoms with Crippen LogP contribution in [-0.4, -0.2) is 48.4 Å². The van der Waals surface area contributed by atoms with Gasteiger partial charge in [-0.15, -0.1) is 0 Å². The molecule has 0 bridgehead atoms. The third-order valence-electron chi connectivity index (χ3n) is 5.13. The van der Waals surface area contributed by atoms with Crippen LogP contribution < -0.4 is 10.6 Å². The van der Waals surface area contributed by atoms with Crippen molar-refractivity contribution in [3.05, 3.63) is 0 Å². The van der Waals surface area contributed by atoms with E-state index in [1.54, 1.807) is 0 Å². The van der Waals surface area contributed by atoms with Crippen LogP contribution in [0.2, 0.25) is 0 Å². The largest absolute Gasteiger partial charge is 0.353 e. The van der Waals surface area contributed by atoms with E-state index in [0.717, 1.165) is 64.6 Å². The lowest BCUT2D eigenvalue weighted by Gasteiger charge is -2.35. The molecule has 0 aromatic rings. The Labute approximate surface area is 140 Å². The van der Waals surface area contributed by atoms with E-state index in [2.05, 4.69) is 22.5 Å². The summed E-state index contributed by atoms with van der Waals surface area (Å²) in [4.78, 5) is 26.9. The molecular formula is C18H33N3O2. The van der Waals surface area contributed by atoms with E-state index in [9.17, 15) is 9.59 Å². The fraction of sp³-hybridized carbons (Fsp3) is 0.889. The highest BCUT2D eigenvalue weighted by Crippen LogP contribution is 2.25. The number of carbonyl (C=O) groups is 2. The van der Waals surface area contributed by atoms with Gasteiger partial charge in [0.2, 0.25) is 11.8 Å². The summed E-state index contributed by atoms with van der Waals surface area (Å²) in [6.45, 7) is 6.88. The molecule has 5 heteroatoms. The number of hydrogen-bond donors (Lipinski definition) is 2. The van der Waals surface area contributed by atoms with Crippen molar-refractivity contribution in [1.29, 1.82) is 0 Å². The van der Waals surface area contributed by atoms with E-state index < -0.39 is 0 Å². The lowest BCUT2D eigenvalue weighted by atomic mass is 10.0. The van der Waals surface area contributed by atoms with Crippen LogP contribution in [0.5, 0.6) is 0 Å². The van der Waals surface area contributed by atoms with E-state index in [0.29, 0.717) is 12.5 Å². The van der Waals surface area contributed by atoms with Crippen LogP contribution in [0, 0.1) is 5.92 Å². The summed E-state index contributed by atoms with van der Waals surface area (Å²) in [5, 5.41) is 6.41. The Bertz CT molecular complexity index is 388. The Morgan fingerprint density at radius 1 is 1.17 bits per heavy atom. The lowest BCUT2D eigenvalue weighted by molar-refractivity contribution is -0.135. The van der Waals surface area contributed by atoms with Crippen molar-refractivity contribution < 1.29 is 9.59 Å². The van der Waals surface area contributed by atoms with Gasteiger partial charge in [-0.05, 0) is 52.1 Å². The number of nitrogens with zero attached hydrogens (tertiary/aromatic N) is 1. The molecule has 1 unspecified atom stereocenters. The van der Waals surface area contributed by atoms with Crippen LogP contribution in [0.1, 0.15) is 65.2 Å². The van der Waals surface area contributed by atoms with Crippen molar-refractivity contribution in [3.8, 4) is 0 Å². The molecule has 2 fully saturated rings. The molecule has 1 atom stereocenters. The Hall–Kier alpha value is -1.10. The van der Waals surface area contributed by atoms with Gasteiger partial charge in [0.05, 0.1) is 0 Å². The maximum absolute atomic E-state index is 12.7. The summed E-state index contributed by atoms with van der Waals surface area (Å²) in [6, 6.07) is 0.290. The maximum atomic E-state index is 12.7. The summed E-state index contributed by atoms with van der Waals surface area (Å²) in [7, 11) is 0. The number of nitrogens with one attached hydrogen (secondary N) is 2. The fourth-order valence-electron chi connectivity index (χ4n) is 3.85. The number of carbonyl (C=O) groups excluding carboxylic acids is 2. The van der Waals surface area contributed by atoms with Crippen molar-refractivity contribution in [3.63, 3.8) is 0 Å². The average Bonchev–Trinajstić information content (AvgIpc) is 3.07. The van der Waals surface area contributed by atoms with E-state index in [-0.39, 0.29) is 23.8 Å². The second-order valence-corrected chi connectivity index (χ2v) is 7.16. The third-order valence-corrected chi connectivity index (χ3v) is 5.13. The molecule has 1 saturated heterocycles. The predicted octanol–water partition coefficient (Wildman–Crippen LogP) is 2.06. The van der Waals surface area contributed by atoms with Gasteiger partial charge in [0.25, 0.3) is 0 Å². The highest BCUT2D eigenvalue weighted by Gasteiger charge is 2.27. The number of piperidine rings is 1. The molecule has 23 heavy (non-hydrogen) atoms. The van der Waals surface area contributed by atoms with Crippen LogP contribution in [0.15, 0.2) is 0 Å². The second-order valence-electron chi connectivity index (χ2n) is 7.16. The van der Waals surface area contributed by atoms with Gasteiger partial charge >= 0.3 is 0 Å². The van der Waals surface area contributed by atoms with Gasteiger partial charge in [0.15, 0.2) is 0 Å². The zero-order chi connectivity index (χ0) is 16.7. The van der Waals surface area contributed by atoms with Crippen LogP contribution in [0.25, 0.3) is 0 Å². The van der Waals surface area contributed by atoms with Crippen LogP contribution in [0.4, 0.5) is 0 Å². The molecule has 2 rings (SSSR count). The molecule has 2 amide bonds. The van der Waals surface area contributed by atoms with Crippen molar-refractivity contribution >= 4 is 11.8 Å². The van der Waals surface area contributed by atoms with E-state index in [1.165, 1.54) is 0 Å². The minimum Gasteiger partial charge on any atom is -0.353 e. The summed E-state index contributed by atoms with van der Waals surface area (Å²) in [6.07, 6.45) is 7.80. The van der Waals surface area contributed by atoms with Crippen LogP contribution in [-0.2, 0) is 9.59 Å². The molecule has 1 aliphatic heterocycles. The van der Waals surface area contributed by atoms with Crippen LogP contribution >= 0.6 is 0 Å². The average molecular weight is 323 g/mol. The predicted molar refractivity (Wildman–Crippen MR) is 92.1 cm³/mol. The molecule has 2 aliphatic rings. The van der Waals surface area contributed by atoms with Crippen molar-refractivity contribution in [1.82, 2.24) is 15.5 Å². The normalized spacial score (nSPS) is 21.1. The molecule has 132 valence electrons. The van der Waals surface area contributed by atoms with Gasteiger partial charge in [-0.25, -0.2) is 0 Å². The Kier molecular flexibility index (Phi) is 7.34. The van der Waals surface area contributed by atoms with Crippen molar-refractivity contribution in [2.45, 2.75) is 77.3 Å². The zero-order valence-corrected chi connectivity index (χ0v) is 14.8. The standard InChI is InChI=1S/C18H33N3O2/c1-3-12-21(16-8-10-19-11-9-16)17(22)13-14(2)20-18(23)15-6-4-5-7-15/h14-16,19H,3-13H2,1-2H3,(H,20,23). The van der Waals surface area contributed by atoms with Gasteiger partial charge in [-0.2, -0.15) is 0 Å². The van der Waals surface area contributed by atoms with Crippen LogP contribution in [0.3, 0.4) is 0 Å². The van der Waals surface area contributed by atoms with Crippen molar-refractivity contribution in [2.24, 2.45) is 5.92 Å². The monoisotopic (exact) mass is 323 g/mol. The summed E-state index contributed by atoms with van der Waals surface area (Å²) in [5.74, 6) is 0.508. The molecule has 0 aromatic carbocycles. The Morgan fingerprint density at radius 3 is 2.43 bits per heavy atom. The second kappa shape index (κ2) is 9.26. The molecule has 0 radical (unpaired) electrons. The Balaban J connectivity index is 1.82. The van der Waals surface area contributed by atoms with E-state index in [4.69, 9.17) is 0 Å². The molecule has 1 heterocycles. The van der Waals surface area contributed by atoms with Gasteiger partial charge in [-0.3, -0.25) is 9.59 Å². The van der Waals surface area contributed by atoms with Gasteiger partial charge in [0.1, 0.15) is 0 Å². The number of rotatable bonds is 7. The SMILES string of the molecule is CCCN(C(=O)CC(C)NC(=O)C1CCCC1)C1CCNCC1. The molecule has 0 aromatic heterocycles. The highest BCUT2D eigenvalue weighted by atomic mass is 16.2. The maximum Gasteiger partial charge on any atom is 0.224 e. The smallest absolute Gasteiger partial charge is 0.224 e. The molecule has 5 nitrogen and oxygen atoms in total. The van der Waals surface area contributed by atoms with Gasteiger partial charge in [0, 0.05) is 31.0 Å². The quantitative estimate of drug-likeness (QED) is 0.754. The summed E-state index contributed by atoms with van der Waals surface area (Å²) in [5.41, 5.74) is 0. The summed E-state index contributed by atoms with van der Waals surface area (Å²) >= 11 is 0. The first-order valence-corrected chi connectivity index (χ1v) is 9.42. The molecule has 1 aliphatic carbocycles. The first kappa shape index (κ1) is 18.2. The van der Waals surface area contributed by atoms with Crippen molar-refractivity contribution in [2.75, 3.05) is 19.6 Å². The molecule has 1 saturated carbocycles. The van der Waals surface area contributed by atoms with E-state index >= 15 is 0 Å². The minimum absolute atomic E-state index is 0.0725. The number of hydrogen-bond acceptors (Lipinski definition) is 3.